The van der Waals surface area contributed by atoms with E-state index in [2.05, 4.69) is 33.1 Å². The minimum atomic E-state index is 0.525. The first kappa shape index (κ1) is 10.7. The SMILES string of the molecule is Cc1ncc(C#N)c(N2CCc3ccccc32)n1. The van der Waals surface area contributed by atoms with Gasteiger partial charge in [0.05, 0.1) is 6.20 Å². The molecule has 3 rings (SSSR count). The number of nitriles is 1. The highest BCUT2D eigenvalue weighted by Gasteiger charge is 2.23. The molecule has 1 aromatic heterocycles. The molecular weight excluding hydrogens is 224 g/mol. The normalized spacial score (nSPS) is 13.2. The van der Waals surface area contributed by atoms with Gasteiger partial charge in [-0.05, 0) is 25.0 Å². The second kappa shape index (κ2) is 4.11. The molecule has 0 radical (unpaired) electrons. The van der Waals surface area contributed by atoms with E-state index in [0.717, 1.165) is 24.5 Å². The van der Waals surface area contributed by atoms with Crippen LogP contribution >= 0.6 is 0 Å². The smallest absolute Gasteiger partial charge is 0.154 e. The molecule has 1 aromatic carbocycles. The first-order chi connectivity index (χ1) is 8.79. The number of aryl methyl sites for hydroxylation is 1. The van der Waals surface area contributed by atoms with Crippen LogP contribution in [0.3, 0.4) is 0 Å². The third-order valence-electron chi connectivity index (χ3n) is 3.15. The highest BCUT2D eigenvalue weighted by atomic mass is 15.2. The number of aromatic nitrogens is 2. The summed E-state index contributed by atoms with van der Waals surface area (Å²) >= 11 is 0. The van der Waals surface area contributed by atoms with Crippen molar-refractivity contribution in [1.82, 2.24) is 9.97 Å². The lowest BCUT2D eigenvalue weighted by Gasteiger charge is -2.19. The summed E-state index contributed by atoms with van der Waals surface area (Å²) in [6.45, 7) is 2.71. The van der Waals surface area contributed by atoms with E-state index in [1.807, 2.05) is 19.1 Å². The van der Waals surface area contributed by atoms with Crippen LogP contribution in [0.2, 0.25) is 0 Å². The zero-order valence-corrected chi connectivity index (χ0v) is 10.1. The third kappa shape index (κ3) is 1.61. The number of fused-ring (bicyclic) bond motifs is 1. The predicted octanol–water partition coefficient (Wildman–Crippen LogP) is 2.35. The fourth-order valence-corrected chi connectivity index (χ4v) is 2.30. The number of rotatable bonds is 1. The molecule has 0 amide bonds. The van der Waals surface area contributed by atoms with Crippen molar-refractivity contribution in [3.8, 4) is 6.07 Å². The number of anilines is 2. The summed E-state index contributed by atoms with van der Waals surface area (Å²) in [4.78, 5) is 10.6. The Hall–Kier alpha value is -2.41. The molecule has 18 heavy (non-hydrogen) atoms. The number of nitrogens with zero attached hydrogens (tertiary/aromatic N) is 4. The summed E-state index contributed by atoms with van der Waals surface area (Å²) in [6, 6.07) is 10.4. The molecule has 0 atom stereocenters. The predicted molar refractivity (Wildman–Crippen MR) is 68.6 cm³/mol. The van der Waals surface area contributed by atoms with Gasteiger partial charge in [0.2, 0.25) is 0 Å². The van der Waals surface area contributed by atoms with E-state index in [4.69, 9.17) is 5.26 Å². The molecule has 2 aromatic rings. The van der Waals surface area contributed by atoms with Crippen molar-refractivity contribution in [3.63, 3.8) is 0 Å². The Balaban J connectivity index is 2.13. The molecule has 88 valence electrons. The summed E-state index contributed by atoms with van der Waals surface area (Å²) in [5.41, 5.74) is 2.97. The maximum atomic E-state index is 9.16. The summed E-state index contributed by atoms with van der Waals surface area (Å²) < 4.78 is 0. The van der Waals surface area contributed by atoms with Gasteiger partial charge in [-0.3, -0.25) is 0 Å². The van der Waals surface area contributed by atoms with Gasteiger partial charge < -0.3 is 4.90 Å². The summed E-state index contributed by atoms with van der Waals surface area (Å²) in [5, 5.41) is 9.16. The van der Waals surface area contributed by atoms with Gasteiger partial charge in [0.15, 0.2) is 5.82 Å². The summed E-state index contributed by atoms with van der Waals surface area (Å²) in [5.74, 6) is 1.41. The minimum Gasteiger partial charge on any atom is -0.325 e. The molecule has 4 nitrogen and oxygen atoms in total. The van der Waals surface area contributed by atoms with Gasteiger partial charge in [0.1, 0.15) is 17.5 Å². The fourth-order valence-electron chi connectivity index (χ4n) is 2.30. The Labute approximate surface area is 106 Å². The molecule has 0 N–H and O–H groups in total. The quantitative estimate of drug-likeness (QED) is 0.762. The molecule has 1 aliphatic heterocycles. The Bertz CT molecular complexity index is 642. The molecule has 4 heteroatoms. The van der Waals surface area contributed by atoms with E-state index in [9.17, 15) is 0 Å². The monoisotopic (exact) mass is 236 g/mol. The molecule has 0 unspecified atom stereocenters. The number of hydrogen-bond acceptors (Lipinski definition) is 4. The molecule has 0 spiro atoms. The molecular formula is C14H12N4. The number of benzene rings is 1. The maximum Gasteiger partial charge on any atom is 0.154 e. The lowest BCUT2D eigenvalue weighted by molar-refractivity contribution is 0.940. The Morgan fingerprint density at radius 1 is 1.33 bits per heavy atom. The first-order valence-corrected chi connectivity index (χ1v) is 5.89. The van der Waals surface area contributed by atoms with Crippen molar-refractivity contribution in [2.24, 2.45) is 0 Å². The molecule has 0 fully saturated rings. The lowest BCUT2D eigenvalue weighted by Crippen LogP contribution is -2.17. The molecule has 0 saturated heterocycles. The van der Waals surface area contributed by atoms with Crippen LogP contribution in [0.1, 0.15) is 17.0 Å². The van der Waals surface area contributed by atoms with Gasteiger partial charge in [-0.2, -0.15) is 5.26 Å². The first-order valence-electron chi connectivity index (χ1n) is 5.89. The highest BCUT2D eigenvalue weighted by molar-refractivity contribution is 5.70. The van der Waals surface area contributed by atoms with Crippen LogP contribution in [0, 0.1) is 18.3 Å². The highest BCUT2D eigenvalue weighted by Crippen LogP contribution is 2.34. The van der Waals surface area contributed by atoms with Crippen LogP contribution in [0.4, 0.5) is 11.5 Å². The maximum absolute atomic E-state index is 9.16. The van der Waals surface area contributed by atoms with Crippen LogP contribution in [-0.4, -0.2) is 16.5 Å². The van der Waals surface area contributed by atoms with Crippen LogP contribution < -0.4 is 4.90 Å². The second-order valence-corrected chi connectivity index (χ2v) is 4.30. The molecule has 0 aliphatic carbocycles. The lowest BCUT2D eigenvalue weighted by atomic mass is 10.2. The van der Waals surface area contributed by atoms with E-state index in [-0.39, 0.29) is 0 Å². The van der Waals surface area contributed by atoms with E-state index >= 15 is 0 Å². The van der Waals surface area contributed by atoms with Crippen molar-refractivity contribution >= 4 is 11.5 Å². The topological polar surface area (TPSA) is 52.8 Å². The van der Waals surface area contributed by atoms with E-state index in [1.165, 1.54) is 5.56 Å². The van der Waals surface area contributed by atoms with Crippen molar-refractivity contribution in [3.05, 3.63) is 47.4 Å². The van der Waals surface area contributed by atoms with E-state index in [1.54, 1.807) is 6.20 Å². The van der Waals surface area contributed by atoms with Gasteiger partial charge in [-0.15, -0.1) is 0 Å². The molecule has 1 aliphatic rings. The number of para-hydroxylation sites is 1. The zero-order chi connectivity index (χ0) is 12.5. The summed E-state index contributed by atoms with van der Waals surface area (Å²) in [7, 11) is 0. The standard InChI is InChI=1S/C14H12N4/c1-10-16-9-12(8-15)14(17-10)18-7-6-11-4-2-3-5-13(11)18/h2-5,9H,6-7H2,1H3. The van der Waals surface area contributed by atoms with Crippen molar-refractivity contribution in [2.75, 3.05) is 11.4 Å². The van der Waals surface area contributed by atoms with Gasteiger partial charge >= 0.3 is 0 Å². The Morgan fingerprint density at radius 3 is 3.00 bits per heavy atom. The van der Waals surface area contributed by atoms with Gasteiger partial charge in [-0.25, -0.2) is 9.97 Å². The minimum absolute atomic E-state index is 0.525. The van der Waals surface area contributed by atoms with Crippen LogP contribution in [0.15, 0.2) is 30.5 Å². The van der Waals surface area contributed by atoms with Crippen molar-refractivity contribution in [2.45, 2.75) is 13.3 Å². The van der Waals surface area contributed by atoms with Crippen LogP contribution in [0.25, 0.3) is 0 Å². The van der Waals surface area contributed by atoms with Crippen LogP contribution in [0.5, 0.6) is 0 Å². The van der Waals surface area contributed by atoms with Gasteiger partial charge in [0.25, 0.3) is 0 Å². The second-order valence-electron chi connectivity index (χ2n) is 4.30. The third-order valence-corrected chi connectivity index (χ3v) is 3.15. The van der Waals surface area contributed by atoms with Gasteiger partial charge in [0, 0.05) is 12.2 Å². The largest absolute Gasteiger partial charge is 0.325 e. The average Bonchev–Trinajstić information content (AvgIpc) is 2.82. The fraction of sp³-hybridized carbons (Fsp3) is 0.214. The molecule has 0 bridgehead atoms. The Kier molecular flexibility index (Phi) is 2.45. The summed E-state index contributed by atoms with van der Waals surface area (Å²) in [6.07, 6.45) is 2.59. The molecule has 2 heterocycles. The number of hydrogen-bond donors (Lipinski definition) is 0. The van der Waals surface area contributed by atoms with Gasteiger partial charge in [-0.1, -0.05) is 18.2 Å². The van der Waals surface area contributed by atoms with Crippen molar-refractivity contribution in [1.29, 1.82) is 5.26 Å². The average molecular weight is 236 g/mol. The Morgan fingerprint density at radius 2 is 2.17 bits per heavy atom. The van der Waals surface area contributed by atoms with E-state index in [0.29, 0.717) is 11.4 Å². The van der Waals surface area contributed by atoms with E-state index < -0.39 is 0 Å². The molecule has 0 saturated carbocycles. The zero-order valence-electron chi connectivity index (χ0n) is 10.1. The van der Waals surface area contributed by atoms with Crippen molar-refractivity contribution < 1.29 is 0 Å². The van der Waals surface area contributed by atoms with Crippen LogP contribution in [-0.2, 0) is 6.42 Å².